The van der Waals surface area contributed by atoms with Crippen LogP contribution in [-0.2, 0) is 0 Å². The number of rotatable bonds is 6. The van der Waals surface area contributed by atoms with Crippen LogP contribution >= 0.6 is 11.3 Å². The van der Waals surface area contributed by atoms with E-state index in [9.17, 15) is 4.79 Å². The SMILES string of the molecule is COc1cccc(-c2nc(C(=O)Nc3ccc(-n4cnc5ccccc54)cc3)cs2)c1OC. The average Bonchev–Trinajstić information content (AvgIpc) is 3.52. The van der Waals surface area contributed by atoms with Crippen molar-refractivity contribution in [3.8, 4) is 27.8 Å². The average molecular weight is 457 g/mol. The van der Waals surface area contributed by atoms with Crippen LogP contribution in [-0.4, -0.2) is 34.7 Å². The van der Waals surface area contributed by atoms with Crippen molar-refractivity contribution < 1.29 is 14.3 Å². The molecule has 5 rings (SSSR count). The molecular formula is C25H20N4O3S. The van der Waals surface area contributed by atoms with Crippen molar-refractivity contribution in [2.45, 2.75) is 0 Å². The van der Waals surface area contributed by atoms with E-state index in [2.05, 4.69) is 15.3 Å². The molecular weight excluding hydrogens is 436 g/mol. The molecule has 1 amide bonds. The molecule has 0 fully saturated rings. The van der Waals surface area contributed by atoms with Crippen molar-refractivity contribution >= 4 is 34.0 Å². The molecule has 7 nitrogen and oxygen atoms in total. The summed E-state index contributed by atoms with van der Waals surface area (Å²) in [7, 11) is 3.17. The van der Waals surface area contributed by atoms with Crippen molar-refractivity contribution in [3.05, 3.63) is 84.1 Å². The summed E-state index contributed by atoms with van der Waals surface area (Å²) >= 11 is 1.37. The van der Waals surface area contributed by atoms with Gasteiger partial charge < -0.3 is 14.8 Å². The topological polar surface area (TPSA) is 78.3 Å². The van der Waals surface area contributed by atoms with Gasteiger partial charge in [0.05, 0.1) is 30.8 Å². The first-order chi connectivity index (χ1) is 16.2. The van der Waals surface area contributed by atoms with E-state index in [0.29, 0.717) is 27.9 Å². The second-order valence-electron chi connectivity index (χ2n) is 7.18. The van der Waals surface area contributed by atoms with Crippen molar-refractivity contribution in [2.24, 2.45) is 0 Å². The number of carbonyl (C=O) groups is 1. The third-order valence-corrected chi connectivity index (χ3v) is 6.10. The van der Waals surface area contributed by atoms with E-state index in [-0.39, 0.29) is 5.91 Å². The zero-order valence-electron chi connectivity index (χ0n) is 18.0. The quantitative estimate of drug-likeness (QED) is 0.369. The van der Waals surface area contributed by atoms with Crippen LogP contribution < -0.4 is 14.8 Å². The first-order valence-corrected chi connectivity index (χ1v) is 11.1. The number of methoxy groups -OCH3 is 2. The predicted octanol–water partition coefficient (Wildman–Crippen LogP) is 5.42. The van der Waals surface area contributed by atoms with E-state index in [4.69, 9.17) is 9.47 Å². The Kier molecular flexibility index (Phi) is 5.50. The Morgan fingerprint density at radius 2 is 1.79 bits per heavy atom. The van der Waals surface area contributed by atoms with Gasteiger partial charge >= 0.3 is 0 Å². The third kappa shape index (κ3) is 3.92. The number of benzene rings is 3. The Morgan fingerprint density at radius 3 is 2.58 bits per heavy atom. The van der Waals surface area contributed by atoms with Crippen molar-refractivity contribution in [3.63, 3.8) is 0 Å². The van der Waals surface area contributed by atoms with Gasteiger partial charge in [-0.15, -0.1) is 11.3 Å². The van der Waals surface area contributed by atoms with Crippen LogP contribution in [0, 0.1) is 0 Å². The summed E-state index contributed by atoms with van der Waals surface area (Å²) in [6, 6.07) is 21.1. The molecule has 33 heavy (non-hydrogen) atoms. The zero-order chi connectivity index (χ0) is 22.8. The summed E-state index contributed by atoms with van der Waals surface area (Å²) in [5.41, 5.74) is 4.71. The normalized spacial score (nSPS) is 10.8. The first kappa shape index (κ1) is 20.7. The monoisotopic (exact) mass is 456 g/mol. The molecule has 0 aliphatic carbocycles. The fourth-order valence-corrected chi connectivity index (χ4v) is 4.44. The third-order valence-electron chi connectivity index (χ3n) is 5.23. The lowest BCUT2D eigenvalue weighted by Crippen LogP contribution is -2.12. The molecule has 1 N–H and O–H groups in total. The van der Waals surface area contributed by atoms with Gasteiger partial charge in [0, 0.05) is 16.8 Å². The predicted molar refractivity (Wildman–Crippen MR) is 130 cm³/mol. The van der Waals surface area contributed by atoms with E-state index in [0.717, 1.165) is 22.3 Å². The Hall–Kier alpha value is -4.17. The van der Waals surface area contributed by atoms with Crippen LogP contribution in [0.3, 0.4) is 0 Å². The molecule has 3 aromatic carbocycles. The fraction of sp³-hybridized carbons (Fsp3) is 0.0800. The summed E-state index contributed by atoms with van der Waals surface area (Å²) in [5.74, 6) is 0.922. The van der Waals surface area contributed by atoms with Crippen LogP contribution in [0.1, 0.15) is 10.5 Å². The molecule has 2 aromatic heterocycles. The van der Waals surface area contributed by atoms with Gasteiger partial charge in [0.15, 0.2) is 11.5 Å². The molecule has 0 unspecified atom stereocenters. The number of hydrogen-bond acceptors (Lipinski definition) is 6. The summed E-state index contributed by atoms with van der Waals surface area (Å²) < 4.78 is 12.9. The van der Waals surface area contributed by atoms with Gasteiger partial charge in [0.2, 0.25) is 0 Å². The van der Waals surface area contributed by atoms with E-state index in [1.165, 1.54) is 11.3 Å². The minimum Gasteiger partial charge on any atom is -0.493 e. The van der Waals surface area contributed by atoms with Gasteiger partial charge in [-0.05, 0) is 48.5 Å². The highest BCUT2D eigenvalue weighted by molar-refractivity contribution is 7.13. The first-order valence-electron chi connectivity index (χ1n) is 10.2. The summed E-state index contributed by atoms with van der Waals surface area (Å²) in [6.07, 6.45) is 1.79. The highest BCUT2D eigenvalue weighted by Crippen LogP contribution is 2.39. The number of carbonyl (C=O) groups excluding carboxylic acids is 1. The number of amides is 1. The van der Waals surface area contributed by atoms with Crippen LogP contribution in [0.25, 0.3) is 27.3 Å². The second-order valence-corrected chi connectivity index (χ2v) is 8.04. The summed E-state index contributed by atoms with van der Waals surface area (Å²) in [6.45, 7) is 0. The number of ether oxygens (including phenoxy) is 2. The van der Waals surface area contributed by atoms with E-state index >= 15 is 0 Å². The van der Waals surface area contributed by atoms with Gasteiger partial charge in [-0.2, -0.15) is 0 Å². The molecule has 0 spiro atoms. The Morgan fingerprint density at radius 1 is 0.970 bits per heavy atom. The molecule has 0 radical (unpaired) electrons. The molecule has 0 aliphatic heterocycles. The van der Waals surface area contributed by atoms with Gasteiger partial charge in [-0.25, -0.2) is 9.97 Å². The lowest BCUT2D eigenvalue weighted by molar-refractivity contribution is 0.102. The largest absolute Gasteiger partial charge is 0.493 e. The number of thiazole rings is 1. The highest BCUT2D eigenvalue weighted by atomic mass is 32.1. The van der Waals surface area contributed by atoms with Crippen LogP contribution in [0.15, 0.2) is 78.4 Å². The summed E-state index contributed by atoms with van der Waals surface area (Å²) in [4.78, 5) is 21.7. The van der Waals surface area contributed by atoms with E-state index < -0.39 is 0 Å². The van der Waals surface area contributed by atoms with Gasteiger partial charge in [-0.1, -0.05) is 18.2 Å². The minimum atomic E-state index is -0.278. The van der Waals surface area contributed by atoms with Crippen molar-refractivity contribution in [2.75, 3.05) is 19.5 Å². The minimum absolute atomic E-state index is 0.278. The molecule has 164 valence electrons. The van der Waals surface area contributed by atoms with Crippen LogP contribution in [0.4, 0.5) is 5.69 Å². The van der Waals surface area contributed by atoms with Crippen LogP contribution in [0.2, 0.25) is 0 Å². The smallest absolute Gasteiger partial charge is 0.275 e. The maximum absolute atomic E-state index is 12.8. The molecule has 0 saturated carbocycles. The number of nitrogens with one attached hydrogen (secondary N) is 1. The molecule has 5 aromatic rings. The van der Waals surface area contributed by atoms with Gasteiger partial charge in [0.1, 0.15) is 17.0 Å². The Balaban J connectivity index is 1.34. The lowest BCUT2D eigenvalue weighted by atomic mass is 10.2. The molecule has 0 atom stereocenters. The maximum atomic E-state index is 12.8. The molecule has 0 saturated heterocycles. The standard InChI is InChI=1S/C25H20N4O3S/c1-31-22-9-5-6-18(23(22)32-2)25-28-20(14-33-25)24(30)27-16-10-12-17(13-11-16)29-15-26-19-7-3-4-8-21(19)29/h3-15H,1-2H3,(H,27,30). The molecule has 0 aliphatic rings. The van der Waals surface area contributed by atoms with Crippen LogP contribution in [0.5, 0.6) is 11.5 Å². The van der Waals surface area contributed by atoms with Crippen molar-refractivity contribution in [1.29, 1.82) is 0 Å². The molecule has 0 bridgehead atoms. The van der Waals surface area contributed by atoms with Gasteiger partial charge in [0.25, 0.3) is 5.91 Å². The lowest BCUT2D eigenvalue weighted by Gasteiger charge is -2.10. The van der Waals surface area contributed by atoms with Gasteiger partial charge in [-0.3, -0.25) is 9.36 Å². The number of hydrogen-bond donors (Lipinski definition) is 1. The zero-order valence-corrected chi connectivity index (χ0v) is 18.8. The second kappa shape index (κ2) is 8.76. The fourth-order valence-electron chi connectivity index (χ4n) is 3.62. The number of aromatic nitrogens is 3. The van der Waals surface area contributed by atoms with E-state index in [1.54, 1.807) is 25.9 Å². The number of imidazole rings is 1. The maximum Gasteiger partial charge on any atom is 0.275 e. The number of anilines is 1. The molecule has 8 heteroatoms. The number of fused-ring (bicyclic) bond motifs is 1. The highest BCUT2D eigenvalue weighted by Gasteiger charge is 2.17. The number of nitrogens with zero attached hydrogens (tertiary/aromatic N) is 3. The number of para-hydroxylation sites is 3. The summed E-state index contributed by atoms with van der Waals surface area (Å²) in [5, 5.41) is 5.32. The van der Waals surface area contributed by atoms with E-state index in [1.807, 2.05) is 71.3 Å². The van der Waals surface area contributed by atoms with Crippen molar-refractivity contribution in [1.82, 2.24) is 14.5 Å². The molecule has 2 heterocycles. The Bertz CT molecular complexity index is 1440. The Labute approximate surface area is 194 Å².